The van der Waals surface area contributed by atoms with Crippen molar-refractivity contribution in [1.82, 2.24) is 0 Å². The Hall–Kier alpha value is -3.05. The molecule has 0 unspecified atom stereocenters. The van der Waals surface area contributed by atoms with E-state index in [9.17, 15) is 4.39 Å². The van der Waals surface area contributed by atoms with E-state index in [0.717, 1.165) is 12.0 Å². The van der Waals surface area contributed by atoms with Gasteiger partial charge in [0.1, 0.15) is 5.69 Å². The number of hydrogen-bond acceptors (Lipinski definition) is 2. The zero-order chi connectivity index (χ0) is 20.1. The van der Waals surface area contributed by atoms with Crippen LogP contribution in [-0.4, -0.2) is 5.16 Å². The smallest absolute Gasteiger partial charge is 0.151 e. The standard InChI is InChI=1S/C25H20FNS/c1-4-20-15-23(22-8-5-17(2)6-9-22)12-11-21(20)10-7-19-13-18(3)25(27-16-28)24(26)14-19/h5-6,8-9,11-15H,4H2,1-3H3. The summed E-state index contributed by atoms with van der Waals surface area (Å²) in [6, 6.07) is 18.0. The van der Waals surface area contributed by atoms with E-state index in [1.54, 1.807) is 6.92 Å². The first-order valence-electron chi connectivity index (χ1n) is 9.12. The van der Waals surface area contributed by atoms with Crippen molar-refractivity contribution in [2.75, 3.05) is 0 Å². The van der Waals surface area contributed by atoms with Gasteiger partial charge >= 0.3 is 0 Å². The number of nitrogens with zero attached hydrogens (tertiary/aromatic N) is 1. The lowest BCUT2D eigenvalue weighted by atomic mass is 9.97. The number of aliphatic imine (C=N–C) groups is 1. The highest BCUT2D eigenvalue weighted by Gasteiger charge is 2.07. The molecule has 138 valence electrons. The highest BCUT2D eigenvalue weighted by molar-refractivity contribution is 7.78. The monoisotopic (exact) mass is 385 g/mol. The summed E-state index contributed by atoms with van der Waals surface area (Å²) in [7, 11) is 0. The van der Waals surface area contributed by atoms with Gasteiger partial charge in [-0.1, -0.05) is 54.7 Å². The third-order valence-electron chi connectivity index (χ3n) is 4.62. The summed E-state index contributed by atoms with van der Waals surface area (Å²) in [4.78, 5) is 3.78. The summed E-state index contributed by atoms with van der Waals surface area (Å²) in [5.41, 5.74) is 7.25. The second kappa shape index (κ2) is 8.76. The molecule has 0 aliphatic rings. The Morgan fingerprint density at radius 2 is 1.64 bits per heavy atom. The van der Waals surface area contributed by atoms with Crippen LogP contribution in [0.15, 0.2) is 59.6 Å². The Labute approximate surface area is 171 Å². The van der Waals surface area contributed by atoms with Crippen LogP contribution in [0, 0.1) is 31.5 Å². The van der Waals surface area contributed by atoms with Crippen molar-refractivity contribution in [3.8, 4) is 23.0 Å². The summed E-state index contributed by atoms with van der Waals surface area (Å²) >= 11 is 4.57. The first-order chi connectivity index (χ1) is 13.5. The van der Waals surface area contributed by atoms with Crippen molar-refractivity contribution >= 4 is 23.1 Å². The Balaban J connectivity index is 1.96. The van der Waals surface area contributed by atoms with Crippen LogP contribution in [0.25, 0.3) is 11.1 Å². The van der Waals surface area contributed by atoms with Crippen molar-refractivity contribution in [3.63, 3.8) is 0 Å². The topological polar surface area (TPSA) is 12.4 Å². The van der Waals surface area contributed by atoms with E-state index in [1.165, 1.54) is 28.3 Å². The van der Waals surface area contributed by atoms with Gasteiger partial charge in [-0.2, -0.15) is 4.99 Å². The van der Waals surface area contributed by atoms with E-state index in [1.807, 2.05) is 12.1 Å². The fourth-order valence-corrected chi connectivity index (χ4v) is 3.16. The fraction of sp³-hybridized carbons (Fsp3) is 0.160. The molecule has 0 saturated carbocycles. The molecule has 0 aliphatic carbocycles. The maximum Gasteiger partial charge on any atom is 0.151 e. The predicted octanol–water partition coefficient (Wildman–Crippen LogP) is 6.81. The number of aryl methyl sites for hydroxylation is 3. The van der Waals surface area contributed by atoms with Crippen LogP contribution in [0.2, 0.25) is 0 Å². The van der Waals surface area contributed by atoms with Crippen molar-refractivity contribution < 1.29 is 4.39 Å². The summed E-state index contributed by atoms with van der Waals surface area (Å²) in [5.74, 6) is 5.83. The van der Waals surface area contributed by atoms with Gasteiger partial charge < -0.3 is 0 Å². The van der Waals surface area contributed by atoms with Gasteiger partial charge in [0.25, 0.3) is 0 Å². The van der Waals surface area contributed by atoms with Crippen LogP contribution in [-0.2, 0) is 6.42 Å². The van der Waals surface area contributed by atoms with E-state index >= 15 is 0 Å². The zero-order valence-electron chi connectivity index (χ0n) is 16.1. The molecule has 0 saturated heterocycles. The van der Waals surface area contributed by atoms with Crippen LogP contribution < -0.4 is 0 Å². The van der Waals surface area contributed by atoms with E-state index in [0.29, 0.717) is 11.1 Å². The Morgan fingerprint density at radius 1 is 0.929 bits per heavy atom. The van der Waals surface area contributed by atoms with Crippen molar-refractivity contribution in [3.05, 3.63) is 88.2 Å². The van der Waals surface area contributed by atoms with Gasteiger partial charge in [-0.05, 0) is 79.0 Å². The molecule has 0 spiro atoms. The summed E-state index contributed by atoms with van der Waals surface area (Å²) in [6.45, 7) is 5.98. The predicted molar refractivity (Wildman–Crippen MR) is 118 cm³/mol. The van der Waals surface area contributed by atoms with Gasteiger partial charge in [-0.3, -0.25) is 0 Å². The molecule has 0 N–H and O–H groups in total. The molecule has 1 nitrogen and oxygen atoms in total. The van der Waals surface area contributed by atoms with Gasteiger partial charge in [0.2, 0.25) is 0 Å². The molecule has 3 rings (SSSR count). The minimum Gasteiger partial charge on any atom is -0.205 e. The number of rotatable bonds is 3. The fourth-order valence-electron chi connectivity index (χ4n) is 3.07. The molecule has 0 heterocycles. The van der Waals surface area contributed by atoms with Crippen LogP contribution in [0.5, 0.6) is 0 Å². The molecule has 3 aromatic carbocycles. The SMILES string of the molecule is CCc1cc(-c2ccc(C)cc2)ccc1C#Cc1cc(C)c(N=C=S)c(F)c1. The molecular formula is C25H20FNS. The molecule has 0 amide bonds. The molecule has 0 bridgehead atoms. The molecule has 0 aromatic heterocycles. The lowest BCUT2D eigenvalue weighted by Crippen LogP contribution is -1.90. The Bertz CT molecular complexity index is 1100. The number of benzene rings is 3. The second-order valence-corrected chi connectivity index (χ2v) is 6.85. The van der Waals surface area contributed by atoms with E-state index in [4.69, 9.17) is 0 Å². The van der Waals surface area contributed by atoms with E-state index in [2.05, 4.69) is 84.5 Å². The number of hydrogen-bond donors (Lipinski definition) is 0. The van der Waals surface area contributed by atoms with Gasteiger partial charge in [-0.25, -0.2) is 4.39 Å². The number of isothiocyanates is 1. The van der Waals surface area contributed by atoms with Crippen LogP contribution in [0.4, 0.5) is 10.1 Å². The first-order valence-corrected chi connectivity index (χ1v) is 9.52. The van der Waals surface area contributed by atoms with Crippen molar-refractivity contribution in [2.24, 2.45) is 4.99 Å². The molecule has 3 heteroatoms. The normalized spacial score (nSPS) is 10.0. The average molecular weight is 386 g/mol. The second-order valence-electron chi connectivity index (χ2n) is 6.67. The highest BCUT2D eigenvalue weighted by atomic mass is 32.1. The largest absolute Gasteiger partial charge is 0.205 e. The summed E-state index contributed by atoms with van der Waals surface area (Å²) < 4.78 is 14.2. The number of halogens is 1. The van der Waals surface area contributed by atoms with Gasteiger partial charge in [0.15, 0.2) is 5.82 Å². The van der Waals surface area contributed by atoms with Crippen LogP contribution >= 0.6 is 12.2 Å². The molecule has 28 heavy (non-hydrogen) atoms. The highest BCUT2D eigenvalue weighted by Crippen LogP contribution is 2.25. The lowest BCUT2D eigenvalue weighted by molar-refractivity contribution is 0.628. The molecular weight excluding hydrogens is 365 g/mol. The lowest BCUT2D eigenvalue weighted by Gasteiger charge is -2.07. The first kappa shape index (κ1) is 19.7. The van der Waals surface area contributed by atoms with Gasteiger partial charge in [-0.15, -0.1) is 0 Å². The molecule has 0 fully saturated rings. The summed E-state index contributed by atoms with van der Waals surface area (Å²) in [5, 5.41) is 2.21. The minimum atomic E-state index is -0.438. The third-order valence-corrected chi connectivity index (χ3v) is 4.72. The van der Waals surface area contributed by atoms with Crippen molar-refractivity contribution in [2.45, 2.75) is 27.2 Å². The molecule has 0 aliphatic heterocycles. The third kappa shape index (κ3) is 4.43. The van der Waals surface area contributed by atoms with Crippen LogP contribution in [0.3, 0.4) is 0 Å². The Morgan fingerprint density at radius 3 is 2.29 bits per heavy atom. The van der Waals surface area contributed by atoms with Gasteiger partial charge in [0.05, 0.1) is 5.16 Å². The van der Waals surface area contributed by atoms with Crippen molar-refractivity contribution in [1.29, 1.82) is 0 Å². The molecule has 0 atom stereocenters. The van der Waals surface area contributed by atoms with Gasteiger partial charge in [0, 0.05) is 11.1 Å². The maximum absolute atomic E-state index is 14.2. The minimum absolute atomic E-state index is 0.220. The van der Waals surface area contributed by atoms with E-state index < -0.39 is 5.82 Å². The average Bonchev–Trinajstić information content (AvgIpc) is 2.69. The van der Waals surface area contributed by atoms with Crippen LogP contribution in [0.1, 0.15) is 34.7 Å². The molecule has 3 aromatic rings. The maximum atomic E-state index is 14.2. The summed E-state index contributed by atoms with van der Waals surface area (Å²) in [6.07, 6.45) is 0.874. The van der Waals surface area contributed by atoms with E-state index in [-0.39, 0.29) is 5.69 Å². The Kier molecular flexibility index (Phi) is 6.16. The zero-order valence-corrected chi connectivity index (χ0v) is 17.0. The molecule has 0 radical (unpaired) electrons. The number of thiocarbonyl (C=S) groups is 1. The quantitative estimate of drug-likeness (QED) is 0.274.